The monoisotopic (exact) mass is 288 g/mol. The molecule has 3 rings (SSSR count). The fraction of sp³-hybridized carbons (Fsp3) is 0.357. The third kappa shape index (κ3) is 2.73. The molecule has 7 nitrogen and oxygen atoms in total. The van der Waals surface area contributed by atoms with E-state index in [4.69, 9.17) is 0 Å². The first-order chi connectivity index (χ1) is 10.1. The van der Waals surface area contributed by atoms with E-state index in [1.54, 1.807) is 24.3 Å². The number of aromatic amines is 1. The summed E-state index contributed by atoms with van der Waals surface area (Å²) in [5, 5.41) is 6.25. The number of para-hydroxylation sites is 1. The molecule has 1 fully saturated rings. The van der Waals surface area contributed by atoms with Gasteiger partial charge in [-0.3, -0.25) is 14.2 Å². The summed E-state index contributed by atoms with van der Waals surface area (Å²) in [6.45, 7) is 2.07. The standard InChI is InChI=1S/C14H16N4O3/c19-12(16-7-9-5-15-6-9)8-18-13(20)10-3-1-2-4-11(10)17-14(18)21/h1-4,9,15H,5-8H2,(H,16,19)(H,17,21). The van der Waals surface area contributed by atoms with Crippen molar-refractivity contribution < 1.29 is 4.79 Å². The smallest absolute Gasteiger partial charge is 0.329 e. The fourth-order valence-electron chi connectivity index (χ4n) is 2.29. The zero-order valence-corrected chi connectivity index (χ0v) is 11.4. The summed E-state index contributed by atoms with van der Waals surface area (Å²) < 4.78 is 0.927. The highest BCUT2D eigenvalue weighted by Crippen LogP contribution is 2.03. The molecular weight excluding hydrogens is 272 g/mol. The largest absolute Gasteiger partial charge is 0.354 e. The van der Waals surface area contributed by atoms with Crippen LogP contribution in [-0.2, 0) is 11.3 Å². The molecule has 2 aromatic rings. The lowest BCUT2D eigenvalue weighted by Gasteiger charge is -2.27. The number of benzene rings is 1. The molecule has 0 spiro atoms. The number of rotatable bonds is 4. The van der Waals surface area contributed by atoms with E-state index in [2.05, 4.69) is 15.6 Å². The van der Waals surface area contributed by atoms with E-state index in [9.17, 15) is 14.4 Å². The lowest BCUT2D eigenvalue weighted by atomic mass is 10.0. The molecular formula is C14H16N4O3. The molecule has 110 valence electrons. The Labute approximate surface area is 120 Å². The fourth-order valence-corrected chi connectivity index (χ4v) is 2.29. The van der Waals surface area contributed by atoms with Crippen LogP contribution >= 0.6 is 0 Å². The summed E-state index contributed by atoms with van der Waals surface area (Å²) in [6.07, 6.45) is 0. The van der Waals surface area contributed by atoms with Gasteiger partial charge < -0.3 is 15.6 Å². The first kappa shape index (κ1) is 13.6. The summed E-state index contributed by atoms with van der Waals surface area (Å²) in [6, 6.07) is 6.74. The van der Waals surface area contributed by atoms with E-state index in [-0.39, 0.29) is 12.5 Å². The minimum Gasteiger partial charge on any atom is -0.354 e. The van der Waals surface area contributed by atoms with Crippen LogP contribution in [0.4, 0.5) is 0 Å². The molecule has 3 N–H and O–H groups in total. The van der Waals surface area contributed by atoms with Crippen molar-refractivity contribution in [1.29, 1.82) is 0 Å². The molecule has 7 heteroatoms. The van der Waals surface area contributed by atoms with Gasteiger partial charge in [-0.2, -0.15) is 0 Å². The van der Waals surface area contributed by atoms with Gasteiger partial charge in [-0.15, -0.1) is 0 Å². The van der Waals surface area contributed by atoms with Gasteiger partial charge in [0.15, 0.2) is 0 Å². The maximum Gasteiger partial charge on any atom is 0.329 e. The first-order valence-corrected chi connectivity index (χ1v) is 6.84. The third-order valence-electron chi connectivity index (χ3n) is 3.65. The second-order valence-electron chi connectivity index (χ2n) is 5.20. The molecule has 1 amide bonds. The molecule has 1 aromatic heterocycles. The van der Waals surface area contributed by atoms with Gasteiger partial charge >= 0.3 is 5.69 Å². The van der Waals surface area contributed by atoms with Gasteiger partial charge in [-0.25, -0.2) is 4.79 Å². The zero-order chi connectivity index (χ0) is 14.8. The van der Waals surface area contributed by atoms with Crippen LogP contribution < -0.4 is 21.9 Å². The van der Waals surface area contributed by atoms with Gasteiger partial charge in [0.05, 0.1) is 10.9 Å². The SMILES string of the molecule is O=C(Cn1c(=O)[nH]c2ccccc2c1=O)NCC1CNC1. The number of hydrogen-bond donors (Lipinski definition) is 3. The van der Waals surface area contributed by atoms with Gasteiger partial charge in [0.25, 0.3) is 5.56 Å². The van der Waals surface area contributed by atoms with Crippen molar-refractivity contribution in [3.63, 3.8) is 0 Å². The number of nitrogens with one attached hydrogen (secondary N) is 3. The predicted molar refractivity (Wildman–Crippen MR) is 78.2 cm³/mol. The van der Waals surface area contributed by atoms with Crippen LogP contribution in [0.1, 0.15) is 0 Å². The maximum absolute atomic E-state index is 12.2. The highest BCUT2D eigenvalue weighted by Gasteiger charge is 2.18. The zero-order valence-electron chi connectivity index (χ0n) is 11.4. The number of H-pyrrole nitrogens is 1. The molecule has 0 unspecified atom stereocenters. The van der Waals surface area contributed by atoms with Crippen LogP contribution in [0.2, 0.25) is 0 Å². The summed E-state index contributed by atoms with van der Waals surface area (Å²) in [7, 11) is 0. The molecule has 1 aliphatic heterocycles. The molecule has 21 heavy (non-hydrogen) atoms. The molecule has 1 saturated heterocycles. The normalized spacial score (nSPS) is 14.9. The van der Waals surface area contributed by atoms with Gasteiger partial charge in [-0.1, -0.05) is 12.1 Å². The number of fused-ring (bicyclic) bond motifs is 1. The number of carbonyl (C=O) groups excluding carboxylic acids is 1. The van der Waals surface area contributed by atoms with Crippen LogP contribution in [0.25, 0.3) is 10.9 Å². The lowest BCUT2D eigenvalue weighted by Crippen LogP contribution is -2.49. The molecule has 0 aliphatic carbocycles. The number of carbonyl (C=O) groups is 1. The quantitative estimate of drug-likeness (QED) is 0.674. The second kappa shape index (κ2) is 5.53. The van der Waals surface area contributed by atoms with Gasteiger partial charge in [-0.05, 0) is 12.1 Å². The Morgan fingerprint density at radius 3 is 2.76 bits per heavy atom. The molecule has 1 aliphatic rings. The average molecular weight is 288 g/mol. The number of amides is 1. The minimum absolute atomic E-state index is 0.265. The molecule has 1 aromatic carbocycles. The first-order valence-electron chi connectivity index (χ1n) is 6.84. The Bertz CT molecular complexity index is 789. The van der Waals surface area contributed by atoms with Crippen LogP contribution in [0.5, 0.6) is 0 Å². The Balaban J connectivity index is 1.81. The van der Waals surface area contributed by atoms with E-state index >= 15 is 0 Å². The summed E-state index contributed by atoms with van der Waals surface area (Å²) in [5.74, 6) is 0.102. The Hall–Kier alpha value is -2.41. The molecule has 0 saturated carbocycles. The van der Waals surface area contributed by atoms with Crippen LogP contribution in [0, 0.1) is 5.92 Å². The van der Waals surface area contributed by atoms with Crippen LogP contribution in [0.15, 0.2) is 33.9 Å². The van der Waals surface area contributed by atoms with Crippen molar-refractivity contribution in [1.82, 2.24) is 20.2 Å². The predicted octanol–water partition coefficient (Wildman–Crippen LogP) is -0.975. The van der Waals surface area contributed by atoms with E-state index in [0.29, 0.717) is 23.4 Å². The van der Waals surface area contributed by atoms with Crippen molar-refractivity contribution in [2.45, 2.75) is 6.54 Å². The number of hydrogen-bond acceptors (Lipinski definition) is 4. The topological polar surface area (TPSA) is 96.0 Å². The van der Waals surface area contributed by atoms with Gasteiger partial charge in [0.1, 0.15) is 6.54 Å². The maximum atomic E-state index is 12.2. The van der Waals surface area contributed by atoms with E-state index in [1.165, 1.54) is 0 Å². The molecule has 2 heterocycles. The Morgan fingerprint density at radius 1 is 1.29 bits per heavy atom. The van der Waals surface area contributed by atoms with Gasteiger partial charge in [0, 0.05) is 25.6 Å². The van der Waals surface area contributed by atoms with Crippen molar-refractivity contribution in [3.8, 4) is 0 Å². The minimum atomic E-state index is -0.570. The van der Waals surface area contributed by atoms with Crippen molar-refractivity contribution in [3.05, 3.63) is 45.1 Å². The van der Waals surface area contributed by atoms with Crippen molar-refractivity contribution in [2.75, 3.05) is 19.6 Å². The van der Waals surface area contributed by atoms with Gasteiger partial charge in [0.2, 0.25) is 5.91 Å². The highest BCUT2D eigenvalue weighted by atomic mass is 16.2. The summed E-state index contributed by atoms with van der Waals surface area (Å²) in [4.78, 5) is 38.6. The number of nitrogens with zero attached hydrogens (tertiary/aromatic N) is 1. The van der Waals surface area contributed by atoms with Crippen molar-refractivity contribution in [2.24, 2.45) is 5.92 Å². The third-order valence-corrected chi connectivity index (χ3v) is 3.65. The van der Waals surface area contributed by atoms with E-state index < -0.39 is 11.2 Å². The molecule has 0 bridgehead atoms. The van der Waals surface area contributed by atoms with Crippen LogP contribution in [0.3, 0.4) is 0 Å². The van der Waals surface area contributed by atoms with E-state index in [0.717, 1.165) is 17.7 Å². The molecule has 0 atom stereocenters. The van der Waals surface area contributed by atoms with Crippen molar-refractivity contribution >= 4 is 16.8 Å². The van der Waals surface area contributed by atoms with Crippen LogP contribution in [-0.4, -0.2) is 35.1 Å². The Morgan fingerprint density at radius 2 is 2.05 bits per heavy atom. The lowest BCUT2D eigenvalue weighted by molar-refractivity contribution is -0.122. The summed E-state index contributed by atoms with van der Waals surface area (Å²) in [5.41, 5.74) is -0.543. The number of aromatic nitrogens is 2. The molecule has 0 radical (unpaired) electrons. The highest BCUT2D eigenvalue weighted by molar-refractivity contribution is 5.78. The Kier molecular flexibility index (Phi) is 3.57. The average Bonchev–Trinajstić information content (AvgIpc) is 2.42. The second-order valence-corrected chi connectivity index (χ2v) is 5.20. The summed E-state index contributed by atoms with van der Waals surface area (Å²) >= 11 is 0. The van der Waals surface area contributed by atoms with E-state index in [1.807, 2.05) is 0 Å².